The Morgan fingerprint density at radius 3 is 2.46 bits per heavy atom. The van der Waals surface area contributed by atoms with Gasteiger partial charge in [0.2, 0.25) is 0 Å². The number of ketones is 1. The minimum atomic E-state index is -0.636. The van der Waals surface area contributed by atoms with Gasteiger partial charge in [0, 0.05) is 28.3 Å². The molecule has 2 N–H and O–H groups in total. The highest BCUT2D eigenvalue weighted by molar-refractivity contribution is 6.31. The van der Waals surface area contributed by atoms with Gasteiger partial charge in [-0.2, -0.15) is 0 Å². The summed E-state index contributed by atoms with van der Waals surface area (Å²) < 4.78 is 14.8. The summed E-state index contributed by atoms with van der Waals surface area (Å²) in [4.78, 5) is 13.2. The van der Waals surface area contributed by atoms with E-state index in [1.54, 1.807) is 12.1 Å². The third-order valence-electron chi connectivity index (χ3n) is 5.72. The second kappa shape index (κ2) is 6.63. The van der Waals surface area contributed by atoms with Crippen LogP contribution < -0.4 is 10.6 Å². The van der Waals surface area contributed by atoms with E-state index in [0.717, 1.165) is 28.2 Å². The molecule has 1 unspecified atom stereocenters. The SMILES string of the molecule is Cc1cc2c(cc1C)NC(c1c(F)cccc1Cl)C1=C(CC(C)(C)CC1=O)N2. The van der Waals surface area contributed by atoms with Gasteiger partial charge in [-0.3, -0.25) is 4.79 Å². The first-order valence-electron chi connectivity index (χ1n) is 9.51. The van der Waals surface area contributed by atoms with Gasteiger partial charge in [0.1, 0.15) is 5.82 Å². The first kappa shape index (κ1) is 19.0. The van der Waals surface area contributed by atoms with E-state index >= 15 is 0 Å². The van der Waals surface area contributed by atoms with Crippen LogP contribution in [0.3, 0.4) is 0 Å². The number of carbonyl (C=O) groups excluding carboxylic acids is 1. The lowest BCUT2D eigenvalue weighted by Crippen LogP contribution is -2.31. The van der Waals surface area contributed by atoms with Crippen LogP contribution in [0.25, 0.3) is 0 Å². The van der Waals surface area contributed by atoms with E-state index < -0.39 is 11.9 Å². The van der Waals surface area contributed by atoms with Crippen molar-refractivity contribution in [3.05, 3.63) is 69.1 Å². The van der Waals surface area contributed by atoms with Crippen LogP contribution in [0.1, 0.15) is 49.4 Å². The van der Waals surface area contributed by atoms with E-state index in [4.69, 9.17) is 11.6 Å². The van der Waals surface area contributed by atoms with E-state index in [1.165, 1.54) is 6.07 Å². The first-order valence-corrected chi connectivity index (χ1v) is 9.89. The zero-order valence-electron chi connectivity index (χ0n) is 16.5. The predicted octanol–water partition coefficient (Wildman–Crippen LogP) is 6.32. The standard InChI is InChI=1S/C23H24ClFN2O/c1-12-8-16-17(9-13(12)2)27-22(20-14(24)6-5-7-15(20)25)21-18(26-16)10-23(3,4)11-19(21)28/h5-9,22,26-27H,10-11H2,1-4H3. The molecule has 1 aliphatic heterocycles. The quantitative estimate of drug-likeness (QED) is 0.590. The maximum Gasteiger partial charge on any atom is 0.163 e. The molecule has 28 heavy (non-hydrogen) atoms. The number of hydrogen-bond donors (Lipinski definition) is 2. The van der Waals surface area contributed by atoms with Crippen molar-refractivity contribution in [2.24, 2.45) is 5.41 Å². The Kier molecular flexibility index (Phi) is 4.50. The number of anilines is 2. The summed E-state index contributed by atoms with van der Waals surface area (Å²) in [5, 5.41) is 7.22. The molecule has 0 fully saturated rings. The molecule has 1 atom stereocenters. The first-order chi connectivity index (χ1) is 13.2. The van der Waals surface area contributed by atoms with E-state index in [1.807, 2.05) is 13.0 Å². The largest absolute Gasteiger partial charge is 0.372 e. The molecule has 2 aliphatic rings. The fraction of sp³-hybridized carbons (Fsp3) is 0.348. The summed E-state index contributed by atoms with van der Waals surface area (Å²) >= 11 is 6.40. The molecule has 4 rings (SSSR count). The highest BCUT2D eigenvalue weighted by Crippen LogP contribution is 2.47. The average molecular weight is 399 g/mol. The molecule has 0 aromatic heterocycles. The maximum absolute atomic E-state index is 14.8. The number of carbonyl (C=O) groups is 1. The van der Waals surface area contributed by atoms with Gasteiger partial charge in [-0.1, -0.05) is 31.5 Å². The van der Waals surface area contributed by atoms with Crippen LogP contribution in [-0.4, -0.2) is 5.78 Å². The molecule has 2 aromatic rings. The molecule has 3 nitrogen and oxygen atoms in total. The number of hydrogen-bond acceptors (Lipinski definition) is 3. The van der Waals surface area contributed by atoms with Crippen molar-refractivity contribution >= 4 is 28.8 Å². The Bertz CT molecular complexity index is 1010. The van der Waals surface area contributed by atoms with Crippen molar-refractivity contribution in [2.75, 3.05) is 10.6 Å². The second-order valence-corrected chi connectivity index (χ2v) is 9.06. The van der Waals surface area contributed by atoms with Gasteiger partial charge in [-0.05, 0) is 61.1 Å². The van der Waals surface area contributed by atoms with Gasteiger partial charge < -0.3 is 10.6 Å². The molecular formula is C23H24ClFN2O. The summed E-state index contributed by atoms with van der Waals surface area (Å²) in [7, 11) is 0. The van der Waals surface area contributed by atoms with Crippen LogP contribution >= 0.6 is 11.6 Å². The van der Waals surface area contributed by atoms with Crippen molar-refractivity contribution in [1.29, 1.82) is 0 Å². The van der Waals surface area contributed by atoms with Gasteiger partial charge in [-0.15, -0.1) is 0 Å². The van der Waals surface area contributed by atoms with E-state index in [2.05, 4.69) is 37.5 Å². The summed E-state index contributed by atoms with van der Waals surface area (Å²) in [5.41, 5.74) is 5.60. The van der Waals surface area contributed by atoms with Crippen LogP contribution in [0.5, 0.6) is 0 Å². The number of rotatable bonds is 1. The molecule has 0 saturated carbocycles. The van der Waals surface area contributed by atoms with E-state index in [9.17, 15) is 9.18 Å². The molecule has 0 amide bonds. The molecule has 0 bridgehead atoms. The Morgan fingerprint density at radius 1 is 1.11 bits per heavy atom. The van der Waals surface area contributed by atoms with Crippen LogP contribution in [0.4, 0.5) is 15.8 Å². The summed E-state index contributed by atoms with van der Waals surface area (Å²) in [6, 6.07) is 8.10. The Balaban J connectivity index is 1.96. The third-order valence-corrected chi connectivity index (χ3v) is 6.05. The van der Waals surface area contributed by atoms with Gasteiger partial charge in [-0.25, -0.2) is 4.39 Å². The summed E-state index contributed by atoms with van der Waals surface area (Å²) in [6.07, 6.45) is 1.14. The zero-order chi connectivity index (χ0) is 20.2. The monoisotopic (exact) mass is 398 g/mol. The molecule has 0 spiro atoms. The maximum atomic E-state index is 14.8. The fourth-order valence-corrected chi connectivity index (χ4v) is 4.49. The Morgan fingerprint density at radius 2 is 1.79 bits per heavy atom. The number of halogens is 2. The second-order valence-electron chi connectivity index (χ2n) is 8.65. The number of nitrogens with one attached hydrogen (secondary N) is 2. The van der Waals surface area contributed by atoms with Crippen molar-refractivity contribution in [2.45, 2.75) is 46.6 Å². The minimum Gasteiger partial charge on any atom is -0.372 e. The number of aryl methyl sites for hydroxylation is 2. The highest BCUT2D eigenvalue weighted by Gasteiger charge is 2.40. The number of fused-ring (bicyclic) bond motifs is 1. The van der Waals surface area contributed by atoms with Crippen LogP contribution in [0, 0.1) is 25.1 Å². The normalized spacial score (nSPS) is 20.6. The van der Waals surface area contributed by atoms with Crippen molar-refractivity contribution in [3.8, 4) is 0 Å². The van der Waals surface area contributed by atoms with Gasteiger partial charge in [0.15, 0.2) is 5.78 Å². The summed E-state index contributed by atoms with van der Waals surface area (Å²) in [5.74, 6) is -0.390. The average Bonchev–Trinajstić information content (AvgIpc) is 2.71. The molecule has 2 aromatic carbocycles. The van der Waals surface area contributed by atoms with Crippen molar-refractivity contribution in [3.63, 3.8) is 0 Å². The van der Waals surface area contributed by atoms with Crippen molar-refractivity contribution < 1.29 is 9.18 Å². The molecule has 1 aliphatic carbocycles. The van der Waals surface area contributed by atoms with Crippen LogP contribution in [-0.2, 0) is 4.79 Å². The fourth-order valence-electron chi connectivity index (χ4n) is 4.21. The van der Waals surface area contributed by atoms with Gasteiger partial charge in [0.05, 0.1) is 17.4 Å². The smallest absolute Gasteiger partial charge is 0.163 e. The molecular weight excluding hydrogens is 375 g/mol. The number of benzene rings is 2. The van der Waals surface area contributed by atoms with Gasteiger partial charge in [0.25, 0.3) is 0 Å². The van der Waals surface area contributed by atoms with E-state index in [-0.39, 0.29) is 11.2 Å². The highest BCUT2D eigenvalue weighted by atomic mass is 35.5. The van der Waals surface area contributed by atoms with Crippen molar-refractivity contribution in [1.82, 2.24) is 0 Å². The number of Topliss-reactive ketones (excluding diaryl/α,β-unsaturated/α-hetero) is 1. The van der Waals surface area contributed by atoms with Crippen LogP contribution in [0.15, 0.2) is 41.6 Å². The lowest BCUT2D eigenvalue weighted by Gasteiger charge is -2.34. The topological polar surface area (TPSA) is 41.1 Å². The molecule has 0 saturated heterocycles. The third kappa shape index (κ3) is 3.20. The molecule has 1 heterocycles. The Labute approximate surface area is 170 Å². The number of allylic oxidation sites excluding steroid dienone is 1. The molecule has 5 heteroatoms. The predicted molar refractivity (Wildman–Crippen MR) is 112 cm³/mol. The van der Waals surface area contributed by atoms with Crippen LogP contribution in [0.2, 0.25) is 5.02 Å². The lowest BCUT2D eigenvalue weighted by molar-refractivity contribution is -0.118. The van der Waals surface area contributed by atoms with Gasteiger partial charge >= 0.3 is 0 Å². The zero-order valence-corrected chi connectivity index (χ0v) is 17.3. The summed E-state index contributed by atoms with van der Waals surface area (Å²) in [6.45, 7) is 8.26. The molecule has 0 radical (unpaired) electrons. The molecule has 146 valence electrons. The minimum absolute atomic E-state index is 0.0248. The Hall–Kier alpha value is -2.33. The van der Waals surface area contributed by atoms with E-state index in [0.29, 0.717) is 29.0 Å². The lowest BCUT2D eigenvalue weighted by atomic mass is 9.73.